The van der Waals surface area contributed by atoms with Crippen LogP contribution in [0.15, 0.2) is 12.5 Å². The van der Waals surface area contributed by atoms with Crippen molar-refractivity contribution in [2.75, 3.05) is 0 Å². The summed E-state index contributed by atoms with van der Waals surface area (Å²) in [7, 11) is 0. The monoisotopic (exact) mass is 134 g/mol. The average Bonchev–Trinajstić information content (AvgIpc) is 2.27. The van der Waals surface area contributed by atoms with Crippen molar-refractivity contribution >= 4 is 5.78 Å². The largest absolute Gasteiger partial charge is 0.299 e. The Balaban J connectivity index is 2.51. The molecule has 0 unspecified atom stereocenters. The number of hydrogen-bond acceptors (Lipinski definition) is 3. The highest BCUT2D eigenvalue weighted by Gasteiger charge is 2.18. The first-order valence-electron chi connectivity index (χ1n) is 3.16. The van der Waals surface area contributed by atoms with Crippen LogP contribution in [0.2, 0.25) is 0 Å². The highest BCUT2D eigenvalue weighted by molar-refractivity contribution is 5.86. The predicted octanol–water partition coefficient (Wildman–Crippen LogP) is 0.144. The molecular formula is C7H6N2O. The summed E-state index contributed by atoms with van der Waals surface area (Å²) in [5, 5.41) is 0. The number of hydrogen-bond donors (Lipinski definition) is 0. The third-order valence-corrected chi connectivity index (χ3v) is 1.63. The Morgan fingerprint density at radius 1 is 1.40 bits per heavy atom. The molecule has 1 aromatic heterocycles. The van der Waals surface area contributed by atoms with Crippen LogP contribution in [0.25, 0.3) is 0 Å². The molecule has 10 heavy (non-hydrogen) atoms. The van der Waals surface area contributed by atoms with Crippen molar-refractivity contribution in [1.29, 1.82) is 0 Å². The maximum absolute atomic E-state index is 10.8. The summed E-state index contributed by atoms with van der Waals surface area (Å²) in [6.45, 7) is 0. The fourth-order valence-corrected chi connectivity index (χ4v) is 1.15. The van der Waals surface area contributed by atoms with Crippen LogP contribution in [0, 0.1) is 0 Å². The van der Waals surface area contributed by atoms with E-state index in [0.29, 0.717) is 12.8 Å². The zero-order valence-corrected chi connectivity index (χ0v) is 5.37. The van der Waals surface area contributed by atoms with Crippen LogP contribution in [0.4, 0.5) is 0 Å². The van der Waals surface area contributed by atoms with Crippen LogP contribution < -0.4 is 0 Å². The number of aromatic nitrogens is 2. The van der Waals surface area contributed by atoms with Gasteiger partial charge in [0.25, 0.3) is 0 Å². The van der Waals surface area contributed by atoms with E-state index in [-0.39, 0.29) is 5.78 Å². The maximum atomic E-state index is 10.8. The lowest BCUT2D eigenvalue weighted by molar-refractivity contribution is -0.117. The molecule has 0 aliphatic heterocycles. The van der Waals surface area contributed by atoms with Gasteiger partial charge in [-0.25, -0.2) is 9.97 Å². The Morgan fingerprint density at radius 3 is 3.10 bits per heavy atom. The fraction of sp³-hybridized carbons (Fsp3) is 0.286. The summed E-state index contributed by atoms with van der Waals surface area (Å²) in [6.07, 6.45) is 4.22. The van der Waals surface area contributed by atoms with Gasteiger partial charge >= 0.3 is 0 Å². The molecule has 0 fully saturated rings. The van der Waals surface area contributed by atoms with E-state index < -0.39 is 0 Å². The summed E-state index contributed by atoms with van der Waals surface area (Å²) >= 11 is 0. The topological polar surface area (TPSA) is 42.9 Å². The van der Waals surface area contributed by atoms with Crippen LogP contribution in [-0.4, -0.2) is 15.8 Å². The first kappa shape index (κ1) is 5.53. The van der Waals surface area contributed by atoms with E-state index in [2.05, 4.69) is 9.97 Å². The first-order valence-corrected chi connectivity index (χ1v) is 3.16. The van der Waals surface area contributed by atoms with Gasteiger partial charge in [0.1, 0.15) is 12.1 Å². The number of carbonyl (C=O) groups is 1. The third kappa shape index (κ3) is 0.708. The number of rotatable bonds is 0. The third-order valence-electron chi connectivity index (χ3n) is 1.63. The minimum Gasteiger partial charge on any atom is -0.299 e. The number of fused-ring (bicyclic) bond motifs is 1. The number of Topliss-reactive ketones (excluding diaryl/α,β-unsaturated/α-hetero) is 1. The lowest BCUT2D eigenvalue weighted by Crippen LogP contribution is -1.93. The average molecular weight is 134 g/mol. The van der Waals surface area contributed by atoms with Crippen LogP contribution >= 0.6 is 0 Å². The molecule has 1 heterocycles. The second kappa shape index (κ2) is 1.87. The van der Waals surface area contributed by atoms with E-state index >= 15 is 0 Å². The lowest BCUT2D eigenvalue weighted by atomic mass is 10.3. The number of nitrogens with zero attached hydrogens (tertiary/aromatic N) is 2. The van der Waals surface area contributed by atoms with Gasteiger partial charge in [-0.2, -0.15) is 0 Å². The summed E-state index contributed by atoms with van der Waals surface area (Å²) in [5.41, 5.74) is 1.90. The van der Waals surface area contributed by atoms with Crippen molar-refractivity contribution in [3.05, 3.63) is 23.8 Å². The van der Waals surface area contributed by atoms with Crippen LogP contribution in [0.1, 0.15) is 11.3 Å². The SMILES string of the molecule is O=C1Cc2cncnc2C1. The van der Waals surface area contributed by atoms with Crippen molar-refractivity contribution in [2.45, 2.75) is 12.8 Å². The summed E-state index contributed by atoms with van der Waals surface area (Å²) in [5.74, 6) is 0.246. The van der Waals surface area contributed by atoms with Crippen molar-refractivity contribution in [3.63, 3.8) is 0 Å². The van der Waals surface area contributed by atoms with E-state index in [0.717, 1.165) is 11.3 Å². The molecule has 1 aliphatic carbocycles. The Kier molecular flexibility index (Phi) is 1.03. The molecule has 3 heteroatoms. The Labute approximate surface area is 58.1 Å². The second-order valence-electron chi connectivity index (χ2n) is 2.39. The maximum Gasteiger partial charge on any atom is 0.143 e. The van der Waals surface area contributed by atoms with Gasteiger partial charge < -0.3 is 0 Å². The van der Waals surface area contributed by atoms with Crippen LogP contribution in [-0.2, 0) is 17.6 Å². The van der Waals surface area contributed by atoms with E-state index in [4.69, 9.17) is 0 Å². The summed E-state index contributed by atoms with van der Waals surface area (Å²) in [6, 6.07) is 0. The Morgan fingerprint density at radius 2 is 2.30 bits per heavy atom. The highest BCUT2D eigenvalue weighted by atomic mass is 16.1. The van der Waals surface area contributed by atoms with Gasteiger partial charge in [-0.1, -0.05) is 0 Å². The molecule has 0 saturated carbocycles. The molecular weight excluding hydrogens is 128 g/mol. The summed E-state index contributed by atoms with van der Waals surface area (Å²) in [4.78, 5) is 18.6. The molecule has 3 nitrogen and oxygen atoms in total. The van der Waals surface area contributed by atoms with Crippen molar-refractivity contribution in [3.8, 4) is 0 Å². The molecule has 1 aromatic rings. The van der Waals surface area contributed by atoms with E-state index in [1.54, 1.807) is 6.20 Å². The fourth-order valence-electron chi connectivity index (χ4n) is 1.15. The molecule has 0 saturated heterocycles. The van der Waals surface area contributed by atoms with Gasteiger partial charge in [-0.3, -0.25) is 4.79 Å². The van der Waals surface area contributed by atoms with Gasteiger partial charge in [0.05, 0.1) is 5.69 Å². The quantitative estimate of drug-likeness (QED) is 0.507. The molecule has 0 atom stereocenters. The molecule has 0 radical (unpaired) electrons. The highest BCUT2D eigenvalue weighted by Crippen LogP contribution is 2.14. The Hall–Kier alpha value is -1.25. The zero-order valence-electron chi connectivity index (χ0n) is 5.37. The van der Waals surface area contributed by atoms with Gasteiger partial charge in [-0.05, 0) is 5.56 Å². The van der Waals surface area contributed by atoms with E-state index in [1.165, 1.54) is 6.33 Å². The molecule has 1 aliphatic rings. The van der Waals surface area contributed by atoms with Crippen LogP contribution in [0.3, 0.4) is 0 Å². The second-order valence-corrected chi connectivity index (χ2v) is 2.39. The van der Waals surface area contributed by atoms with Crippen molar-refractivity contribution in [2.24, 2.45) is 0 Å². The number of carbonyl (C=O) groups excluding carboxylic acids is 1. The molecule has 0 amide bonds. The lowest BCUT2D eigenvalue weighted by Gasteiger charge is -1.90. The molecule has 2 rings (SSSR count). The zero-order chi connectivity index (χ0) is 6.97. The van der Waals surface area contributed by atoms with Crippen molar-refractivity contribution in [1.82, 2.24) is 9.97 Å². The standard InChI is InChI=1S/C7H6N2O/c10-6-1-5-3-8-4-9-7(5)2-6/h3-4H,1-2H2. The van der Waals surface area contributed by atoms with Gasteiger partial charge in [0, 0.05) is 19.0 Å². The minimum absolute atomic E-state index is 0.246. The van der Waals surface area contributed by atoms with Crippen LogP contribution in [0.5, 0.6) is 0 Å². The van der Waals surface area contributed by atoms with Gasteiger partial charge in [0.15, 0.2) is 0 Å². The molecule has 0 spiro atoms. The molecule has 0 bridgehead atoms. The Bertz CT molecular complexity index is 256. The summed E-state index contributed by atoms with van der Waals surface area (Å²) < 4.78 is 0. The van der Waals surface area contributed by atoms with Gasteiger partial charge in [-0.15, -0.1) is 0 Å². The van der Waals surface area contributed by atoms with Crippen molar-refractivity contribution < 1.29 is 4.79 Å². The minimum atomic E-state index is 0.246. The number of ketones is 1. The normalized spacial score (nSPS) is 15.4. The predicted molar refractivity (Wildman–Crippen MR) is 34.4 cm³/mol. The first-order chi connectivity index (χ1) is 4.86. The molecule has 0 aromatic carbocycles. The molecule has 0 N–H and O–H groups in total. The van der Waals surface area contributed by atoms with Gasteiger partial charge in [0.2, 0.25) is 0 Å². The smallest absolute Gasteiger partial charge is 0.143 e. The van der Waals surface area contributed by atoms with E-state index in [9.17, 15) is 4.79 Å². The molecule has 50 valence electrons. The van der Waals surface area contributed by atoms with E-state index in [1.807, 2.05) is 0 Å².